The summed E-state index contributed by atoms with van der Waals surface area (Å²) in [5.41, 5.74) is 2.06. The number of carbonyl (C=O) groups excluding carboxylic acids is 1. The van der Waals surface area contributed by atoms with E-state index in [9.17, 15) is 4.79 Å². The van der Waals surface area contributed by atoms with Gasteiger partial charge in [-0.2, -0.15) is 0 Å². The van der Waals surface area contributed by atoms with Gasteiger partial charge in [-0.3, -0.25) is 9.36 Å². The quantitative estimate of drug-likeness (QED) is 0.662. The normalized spacial score (nSPS) is 10.7. The van der Waals surface area contributed by atoms with Crippen LogP contribution in [0.1, 0.15) is 5.56 Å². The van der Waals surface area contributed by atoms with Crippen molar-refractivity contribution in [3.8, 4) is 5.69 Å². The largest absolute Gasteiger partial charge is 0.309 e. The number of nitrogens with one attached hydrogen (secondary N) is 1. The van der Waals surface area contributed by atoms with Crippen LogP contribution in [0.5, 0.6) is 0 Å². The Morgan fingerprint density at radius 3 is 2.88 bits per heavy atom. The highest BCUT2D eigenvalue weighted by Gasteiger charge is 2.13. The number of halogens is 2. The van der Waals surface area contributed by atoms with E-state index in [0.29, 0.717) is 10.2 Å². The van der Waals surface area contributed by atoms with Gasteiger partial charge in [0.1, 0.15) is 6.33 Å². The van der Waals surface area contributed by atoms with Gasteiger partial charge in [0.25, 0.3) is 0 Å². The molecule has 0 saturated carbocycles. The van der Waals surface area contributed by atoms with E-state index in [0.717, 1.165) is 11.3 Å². The van der Waals surface area contributed by atoms with Crippen molar-refractivity contribution in [2.24, 2.45) is 0 Å². The number of hydrogen-bond donors (Lipinski definition) is 1. The number of thioether (sulfide) groups is 1. The van der Waals surface area contributed by atoms with Gasteiger partial charge in [-0.1, -0.05) is 53.2 Å². The molecule has 0 saturated heterocycles. The lowest BCUT2D eigenvalue weighted by molar-refractivity contribution is -0.113. The molecule has 3 rings (SSSR count). The highest BCUT2D eigenvalue weighted by molar-refractivity contribution is 7.99. The van der Waals surface area contributed by atoms with Gasteiger partial charge in [-0.05, 0) is 24.6 Å². The van der Waals surface area contributed by atoms with E-state index in [4.69, 9.17) is 23.2 Å². The summed E-state index contributed by atoms with van der Waals surface area (Å²) in [6.45, 7) is 2.00. The molecule has 9 heteroatoms. The maximum Gasteiger partial charge on any atom is 0.236 e. The van der Waals surface area contributed by atoms with Crippen LogP contribution >= 0.6 is 35.0 Å². The summed E-state index contributed by atoms with van der Waals surface area (Å²) in [5.74, 6) is 0.170. The molecule has 25 heavy (non-hydrogen) atoms. The van der Waals surface area contributed by atoms with Gasteiger partial charge in [0.05, 0.1) is 21.5 Å². The molecule has 6 nitrogen and oxygen atoms in total. The van der Waals surface area contributed by atoms with Crippen molar-refractivity contribution in [1.82, 2.24) is 19.7 Å². The monoisotopic (exact) mass is 393 g/mol. The van der Waals surface area contributed by atoms with Crippen molar-refractivity contribution < 1.29 is 4.79 Å². The van der Waals surface area contributed by atoms with Crippen LogP contribution in [-0.2, 0) is 4.79 Å². The molecule has 1 amide bonds. The highest BCUT2D eigenvalue weighted by Crippen LogP contribution is 2.24. The maximum atomic E-state index is 12.1. The summed E-state index contributed by atoms with van der Waals surface area (Å²) in [4.78, 5) is 16.1. The second-order valence-corrected chi connectivity index (χ2v) is 6.88. The second-order valence-electron chi connectivity index (χ2n) is 5.09. The fourth-order valence-corrected chi connectivity index (χ4v) is 3.28. The van der Waals surface area contributed by atoms with Crippen LogP contribution < -0.4 is 5.32 Å². The first-order valence-electron chi connectivity index (χ1n) is 7.24. The Labute approximate surface area is 158 Å². The summed E-state index contributed by atoms with van der Waals surface area (Å²) in [6.07, 6.45) is 3.05. The Balaban J connectivity index is 1.67. The molecule has 0 aliphatic carbocycles. The first kappa shape index (κ1) is 17.7. The average molecular weight is 394 g/mol. The number of aromatic nitrogens is 4. The van der Waals surface area contributed by atoms with Crippen LogP contribution in [0.25, 0.3) is 5.69 Å². The molecular weight excluding hydrogens is 381 g/mol. The number of amides is 1. The van der Waals surface area contributed by atoms with Crippen LogP contribution in [-0.4, -0.2) is 31.4 Å². The number of anilines is 1. The predicted molar refractivity (Wildman–Crippen MR) is 99.7 cm³/mol. The maximum absolute atomic E-state index is 12.1. The van der Waals surface area contributed by atoms with Crippen LogP contribution in [0.4, 0.5) is 5.82 Å². The Bertz CT molecular complexity index is 915. The van der Waals surface area contributed by atoms with E-state index in [2.05, 4.69) is 20.5 Å². The molecular formula is C16H13Cl2N5OS. The SMILES string of the molecule is Cc1ccccc1-n1cnnc1SCC(=O)Nc1ncc(Cl)cc1Cl. The summed E-state index contributed by atoms with van der Waals surface area (Å²) < 4.78 is 1.85. The van der Waals surface area contributed by atoms with Crippen LogP contribution in [0.3, 0.4) is 0 Å². The Kier molecular flexibility index (Phi) is 5.57. The standard InChI is InChI=1S/C16H13Cl2N5OS/c1-10-4-2-3-5-13(10)23-9-20-22-16(23)25-8-14(24)21-15-12(18)6-11(17)7-19-15/h2-7,9H,8H2,1H3,(H,19,21,24). The number of pyridine rings is 1. The molecule has 1 aromatic carbocycles. The summed E-state index contributed by atoms with van der Waals surface area (Å²) in [7, 11) is 0. The number of benzene rings is 1. The zero-order chi connectivity index (χ0) is 17.8. The molecule has 0 fully saturated rings. The molecule has 0 spiro atoms. The number of para-hydroxylation sites is 1. The van der Waals surface area contributed by atoms with Gasteiger partial charge in [0.15, 0.2) is 11.0 Å². The third kappa shape index (κ3) is 4.31. The summed E-state index contributed by atoms with van der Waals surface area (Å²) >= 11 is 13.1. The summed E-state index contributed by atoms with van der Waals surface area (Å²) in [5, 5.41) is 12.0. The lowest BCUT2D eigenvalue weighted by Gasteiger charge is -2.09. The third-order valence-corrected chi connectivity index (χ3v) is 4.73. The zero-order valence-electron chi connectivity index (χ0n) is 13.1. The Hall–Kier alpha value is -2.09. The topological polar surface area (TPSA) is 72.7 Å². The number of rotatable bonds is 5. The van der Waals surface area contributed by atoms with Crippen molar-refractivity contribution in [2.45, 2.75) is 12.1 Å². The number of hydrogen-bond acceptors (Lipinski definition) is 5. The molecule has 128 valence electrons. The van der Waals surface area contributed by atoms with Crippen molar-refractivity contribution in [2.75, 3.05) is 11.1 Å². The highest BCUT2D eigenvalue weighted by atomic mass is 35.5. The van der Waals surface area contributed by atoms with E-state index >= 15 is 0 Å². The number of nitrogens with zero attached hydrogens (tertiary/aromatic N) is 4. The van der Waals surface area contributed by atoms with Crippen molar-refractivity contribution >= 4 is 46.7 Å². The fourth-order valence-electron chi connectivity index (χ4n) is 2.13. The average Bonchev–Trinajstić information content (AvgIpc) is 3.04. The molecule has 1 N–H and O–H groups in total. The van der Waals surface area contributed by atoms with Gasteiger partial charge < -0.3 is 5.32 Å². The van der Waals surface area contributed by atoms with Crippen LogP contribution in [0.2, 0.25) is 10.0 Å². The minimum Gasteiger partial charge on any atom is -0.309 e. The molecule has 0 aliphatic heterocycles. The van der Waals surface area contributed by atoms with Crippen LogP contribution in [0, 0.1) is 6.92 Å². The molecule has 0 aliphatic rings. The van der Waals surface area contributed by atoms with Crippen molar-refractivity contribution in [3.05, 3.63) is 58.5 Å². The molecule has 2 aromatic heterocycles. The van der Waals surface area contributed by atoms with E-state index in [1.54, 1.807) is 6.33 Å². The Morgan fingerprint density at radius 1 is 1.32 bits per heavy atom. The van der Waals surface area contributed by atoms with Gasteiger partial charge in [-0.15, -0.1) is 10.2 Å². The minimum absolute atomic E-state index is 0.144. The molecule has 0 bridgehead atoms. The van der Waals surface area contributed by atoms with E-state index in [-0.39, 0.29) is 22.5 Å². The first-order valence-corrected chi connectivity index (χ1v) is 8.98. The number of carbonyl (C=O) groups is 1. The van der Waals surface area contributed by atoms with Gasteiger partial charge >= 0.3 is 0 Å². The molecule has 0 radical (unpaired) electrons. The van der Waals surface area contributed by atoms with E-state index < -0.39 is 0 Å². The third-order valence-electron chi connectivity index (χ3n) is 3.29. The molecule has 2 heterocycles. The minimum atomic E-state index is -0.249. The first-order chi connectivity index (χ1) is 12.0. The lowest BCUT2D eigenvalue weighted by atomic mass is 10.2. The fraction of sp³-hybridized carbons (Fsp3) is 0.125. The molecule has 0 atom stereocenters. The number of aryl methyl sites for hydroxylation is 1. The molecule has 0 unspecified atom stereocenters. The van der Waals surface area contributed by atoms with Gasteiger partial charge in [-0.25, -0.2) is 4.98 Å². The zero-order valence-corrected chi connectivity index (χ0v) is 15.4. The van der Waals surface area contributed by atoms with Crippen molar-refractivity contribution in [3.63, 3.8) is 0 Å². The van der Waals surface area contributed by atoms with E-state index in [1.807, 2.05) is 35.8 Å². The smallest absolute Gasteiger partial charge is 0.236 e. The van der Waals surface area contributed by atoms with Gasteiger partial charge in [0, 0.05) is 6.20 Å². The van der Waals surface area contributed by atoms with Crippen LogP contribution in [0.15, 0.2) is 48.0 Å². The van der Waals surface area contributed by atoms with Gasteiger partial charge in [0.2, 0.25) is 5.91 Å². The van der Waals surface area contributed by atoms with E-state index in [1.165, 1.54) is 24.0 Å². The summed E-state index contributed by atoms with van der Waals surface area (Å²) in [6, 6.07) is 9.41. The lowest BCUT2D eigenvalue weighted by Crippen LogP contribution is -2.15. The van der Waals surface area contributed by atoms with Crippen molar-refractivity contribution in [1.29, 1.82) is 0 Å². The Morgan fingerprint density at radius 2 is 2.12 bits per heavy atom. The second kappa shape index (κ2) is 7.86. The molecule has 3 aromatic rings. The predicted octanol–water partition coefficient (Wildman–Crippen LogP) is 4.01.